The average molecular weight is 381 g/mol. The summed E-state index contributed by atoms with van der Waals surface area (Å²) in [5, 5.41) is 0.213. The van der Waals surface area contributed by atoms with Crippen molar-refractivity contribution in [3.63, 3.8) is 0 Å². The van der Waals surface area contributed by atoms with E-state index in [1.54, 1.807) is 0 Å². The minimum Gasteiger partial charge on any atom is -0.541 e. The summed E-state index contributed by atoms with van der Waals surface area (Å²) in [6, 6.07) is 5.93. The number of rotatable bonds is 6. The zero-order valence-electron chi connectivity index (χ0n) is 17.7. The minimum atomic E-state index is -2.00. The first kappa shape index (κ1) is 22.0. The maximum atomic E-state index is 10.9. The Morgan fingerprint density at radius 3 is 1.68 bits per heavy atom. The molecule has 1 aromatic carbocycles. The first-order valence-corrected chi connectivity index (χ1v) is 14.9. The van der Waals surface area contributed by atoms with Crippen LogP contribution in [0.25, 0.3) is 0 Å². The topological polar surface area (TPSA) is 35.5 Å². The number of aldehydes is 1. The Kier molecular flexibility index (Phi) is 6.39. The lowest BCUT2D eigenvalue weighted by Crippen LogP contribution is -2.45. The Labute approximate surface area is 156 Å². The third-order valence-corrected chi connectivity index (χ3v) is 14.4. The van der Waals surface area contributed by atoms with Gasteiger partial charge in [0.2, 0.25) is 0 Å². The lowest BCUT2D eigenvalue weighted by atomic mass is 10.1. The second-order valence-electron chi connectivity index (χ2n) is 9.88. The molecule has 1 aromatic rings. The molecule has 0 heterocycles. The number of hydrogen-bond donors (Lipinski definition) is 0. The monoisotopic (exact) mass is 380 g/mol. The summed E-state index contributed by atoms with van der Waals surface area (Å²) in [6.07, 6.45) is 1.33. The van der Waals surface area contributed by atoms with Crippen LogP contribution >= 0.6 is 0 Å². The minimum absolute atomic E-state index is 0.0991. The van der Waals surface area contributed by atoms with Crippen LogP contribution in [0.2, 0.25) is 36.3 Å². The fourth-order valence-corrected chi connectivity index (χ4v) is 3.84. The van der Waals surface area contributed by atoms with Gasteiger partial charge in [-0.05, 0) is 54.0 Å². The molecule has 0 fully saturated rings. The Morgan fingerprint density at radius 1 is 0.840 bits per heavy atom. The molecule has 3 nitrogen and oxygen atoms in total. The first-order chi connectivity index (χ1) is 11.1. The summed E-state index contributed by atoms with van der Waals surface area (Å²) in [5.74, 6) is 1.60. The van der Waals surface area contributed by atoms with Gasteiger partial charge in [0.05, 0.1) is 0 Å². The van der Waals surface area contributed by atoms with Crippen molar-refractivity contribution >= 4 is 22.9 Å². The smallest absolute Gasteiger partial charge is 0.250 e. The molecule has 0 aliphatic heterocycles. The molecule has 25 heavy (non-hydrogen) atoms. The SMILES string of the molecule is CC(C)(C)[Si](C)(C)Oc1ccc(CC=O)cc1O[Si](C)(C)C(C)(C)C. The van der Waals surface area contributed by atoms with E-state index in [0.29, 0.717) is 6.42 Å². The molecule has 0 spiro atoms. The van der Waals surface area contributed by atoms with Crippen molar-refractivity contribution in [1.82, 2.24) is 0 Å². The highest BCUT2D eigenvalue weighted by molar-refractivity contribution is 6.75. The molecular weight excluding hydrogens is 344 g/mol. The van der Waals surface area contributed by atoms with Crippen LogP contribution in [-0.4, -0.2) is 22.9 Å². The Hall–Kier alpha value is -1.08. The van der Waals surface area contributed by atoms with Gasteiger partial charge in [-0.2, -0.15) is 0 Å². The number of benzene rings is 1. The fraction of sp³-hybridized carbons (Fsp3) is 0.650. The van der Waals surface area contributed by atoms with Crippen LogP contribution in [0.5, 0.6) is 11.5 Å². The van der Waals surface area contributed by atoms with Crippen molar-refractivity contribution in [2.45, 2.75) is 84.2 Å². The molecule has 0 saturated carbocycles. The predicted octanol–water partition coefficient (Wildman–Crippen LogP) is 6.20. The Morgan fingerprint density at radius 2 is 1.28 bits per heavy atom. The highest BCUT2D eigenvalue weighted by atomic mass is 28.4. The van der Waals surface area contributed by atoms with Crippen molar-refractivity contribution in [1.29, 1.82) is 0 Å². The van der Waals surface area contributed by atoms with Crippen molar-refractivity contribution < 1.29 is 13.6 Å². The van der Waals surface area contributed by atoms with Gasteiger partial charge in [0.15, 0.2) is 0 Å². The van der Waals surface area contributed by atoms with E-state index >= 15 is 0 Å². The average Bonchev–Trinajstić information content (AvgIpc) is 2.39. The van der Waals surface area contributed by atoms with E-state index in [0.717, 1.165) is 23.3 Å². The molecule has 0 saturated heterocycles. The van der Waals surface area contributed by atoms with Gasteiger partial charge in [-0.3, -0.25) is 0 Å². The van der Waals surface area contributed by atoms with E-state index in [-0.39, 0.29) is 10.1 Å². The van der Waals surface area contributed by atoms with Crippen LogP contribution in [0.15, 0.2) is 18.2 Å². The van der Waals surface area contributed by atoms with E-state index < -0.39 is 16.6 Å². The summed E-state index contributed by atoms with van der Waals surface area (Å²) in [5.41, 5.74) is 0.964. The normalized spacial score (nSPS) is 13.5. The molecule has 0 atom stereocenters. The molecule has 0 radical (unpaired) electrons. The van der Waals surface area contributed by atoms with Crippen LogP contribution in [-0.2, 0) is 11.2 Å². The Bertz CT molecular complexity index is 608. The van der Waals surface area contributed by atoms with Crippen molar-refractivity contribution in [2.24, 2.45) is 0 Å². The summed E-state index contributed by atoms with van der Waals surface area (Å²) in [6.45, 7) is 22.3. The fourth-order valence-electron chi connectivity index (χ4n) is 1.80. The third kappa shape index (κ3) is 5.45. The van der Waals surface area contributed by atoms with Gasteiger partial charge in [-0.1, -0.05) is 47.6 Å². The molecule has 0 aliphatic carbocycles. The molecule has 0 aromatic heterocycles. The van der Waals surface area contributed by atoms with Gasteiger partial charge in [0.1, 0.15) is 17.8 Å². The van der Waals surface area contributed by atoms with Crippen LogP contribution in [0.1, 0.15) is 47.1 Å². The number of carbonyl (C=O) groups is 1. The van der Waals surface area contributed by atoms with Crippen LogP contribution in [0.3, 0.4) is 0 Å². The molecular formula is C20H36O3Si2. The van der Waals surface area contributed by atoms with Crippen LogP contribution < -0.4 is 8.85 Å². The highest BCUT2D eigenvalue weighted by Gasteiger charge is 2.42. The summed E-state index contributed by atoms with van der Waals surface area (Å²) >= 11 is 0. The molecule has 0 unspecified atom stereocenters. The molecule has 5 heteroatoms. The Balaban J connectivity index is 3.32. The highest BCUT2D eigenvalue weighted by Crippen LogP contribution is 2.43. The molecule has 1 rings (SSSR count). The van der Waals surface area contributed by atoms with Gasteiger partial charge in [-0.15, -0.1) is 0 Å². The maximum Gasteiger partial charge on any atom is 0.250 e. The molecule has 0 N–H and O–H groups in total. The predicted molar refractivity (Wildman–Crippen MR) is 112 cm³/mol. The number of carbonyl (C=O) groups excluding carboxylic acids is 1. The molecule has 142 valence electrons. The summed E-state index contributed by atoms with van der Waals surface area (Å²) in [7, 11) is -3.97. The van der Waals surface area contributed by atoms with Gasteiger partial charge < -0.3 is 13.6 Å². The second kappa shape index (κ2) is 7.27. The van der Waals surface area contributed by atoms with Gasteiger partial charge >= 0.3 is 0 Å². The zero-order valence-corrected chi connectivity index (χ0v) is 19.7. The largest absolute Gasteiger partial charge is 0.541 e. The van der Waals surface area contributed by atoms with Crippen molar-refractivity contribution in [3.8, 4) is 11.5 Å². The van der Waals surface area contributed by atoms with E-state index in [9.17, 15) is 4.79 Å². The third-order valence-electron chi connectivity index (χ3n) is 5.67. The van der Waals surface area contributed by atoms with E-state index in [1.807, 2.05) is 18.2 Å². The maximum absolute atomic E-state index is 10.9. The van der Waals surface area contributed by atoms with E-state index in [4.69, 9.17) is 8.85 Å². The van der Waals surface area contributed by atoms with E-state index in [2.05, 4.69) is 67.7 Å². The quantitative estimate of drug-likeness (QED) is 0.435. The van der Waals surface area contributed by atoms with Crippen molar-refractivity contribution in [2.75, 3.05) is 0 Å². The molecule has 0 aliphatic rings. The standard InChI is InChI=1S/C20H36O3Si2/c1-19(2,3)24(7,8)22-17-12-11-16(13-14-21)15-18(17)23-25(9,10)20(4,5)6/h11-12,14-15H,13H2,1-10H3. The lowest BCUT2D eigenvalue weighted by Gasteiger charge is -2.39. The van der Waals surface area contributed by atoms with Crippen LogP contribution in [0, 0.1) is 0 Å². The van der Waals surface area contributed by atoms with Gasteiger partial charge in [0, 0.05) is 6.42 Å². The second-order valence-corrected chi connectivity index (χ2v) is 19.3. The van der Waals surface area contributed by atoms with Crippen molar-refractivity contribution in [3.05, 3.63) is 23.8 Å². The summed E-state index contributed by atoms with van der Waals surface area (Å²) < 4.78 is 13.1. The van der Waals surface area contributed by atoms with Gasteiger partial charge in [-0.25, -0.2) is 0 Å². The van der Waals surface area contributed by atoms with Gasteiger partial charge in [0.25, 0.3) is 16.6 Å². The van der Waals surface area contributed by atoms with E-state index in [1.165, 1.54) is 0 Å². The molecule has 0 bridgehead atoms. The summed E-state index contributed by atoms with van der Waals surface area (Å²) in [4.78, 5) is 10.9. The molecule has 0 amide bonds. The zero-order chi connectivity index (χ0) is 19.7. The number of hydrogen-bond acceptors (Lipinski definition) is 3. The lowest BCUT2D eigenvalue weighted by molar-refractivity contribution is -0.107. The first-order valence-electron chi connectivity index (χ1n) is 9.05. The van der Waals surface area contributed by atoms with Crippen LogP contribution in [0.4, 0.5) is 0 Å².